The summed E-state index contributed by atoms with van der Waals surface area (Å²) >= 11 is 6.00. The van der Waals surface area contributed by atoms with Gasteiger partial charge in [-0.1, -0.05) is 11.6 Å². The molecule has 0 bridgehead atoms. The van der Waals surface area contributed by atoms with Gasteiger partial charge in [-0.25, -0.2) is 9.97 Å². The van der Waals surface area contributed by atoms with Crippen molar-refractivity contribution < 1.29 is 4.79 Å². The second-order valence-corrected chi connectivity index (χ2v) is 5.92. The van der Waals surface area contributed by atoms with Crippen molar-refractivity contribution in [2.75, 3.05) is 18.0 Å². The molecule has 3 N–H and O–H groups in total. The van der Waals surface area contributed by atoms with Crippen LogP contribution in [0.3, 0.4) is 0 Å². The first-order chi connectivity index (χ1) is 10.1. The van der Waals surface area contributed by atoms with Crippen LogP contribution in [0.1, 0.15) is 25.7 Å². The van der Waals surface area contributed by atoms with Gasteiger partial charge in [-0.15, -0.1) is 0 Å². The lowest BCUT2D eigenvalue weighted by atomic mass is 9.92. The van der Waals surface area contributed by atoms with Crippen LogP contribution < -0.4 is 10.6 Å². The van der Waals surface area contributed by atoms with E-state index in [0.29, 0.717) is 17.5 Å². The van der Waals surface area contributed by atoms with Crippen molar-refractivity contribution in [3.8, 4) is 0 Å². The van der Waals surface area contributed by atoms with Crippen molar-refractivity contribution in [2.45, 2.75) is 25.7 Å². The fraction of sp³-hybridized carbons (Fsp3) is 0.500. The van der Waals surface area contributed by atoms with Gasteiger partial charge in [0.15, 0.2) is 0 Å². The molecule has 0 unspecified atom stereocenters. The van der Waals surface area contributed by atoms with E-state index in [9.17, 15) is 4.79 Å². The predicted octanol–water partition coefficient (Wildman–Crippen LogP) is 2.09. The van der Waals surface area contributed by atoms with Crippen molar-refractivity contribution in [3.05, 3.63) is 17.5 Å². The van der Waals surface area contributed by atoms with Crippen molar-refractivity contribution in [3.63, 3.8) is 0 Å². The largest absolute Gasteiger partial charge is 0.370 e. The molecule has 0 aliphatic carbocycles. The number of nitrogens with zero attached hydrogens (tertiary/aromatic N) is 3. The average molecular weight is 308 g/mol. The molecule has 1 aliphatic heterocycles. The van der Waals surface area contributed by atoms with E-state index in [-0.39, 0.29) is 5.91 Å². The lowest BCUT2D eigenvalue weighted by molar-refractivity contribution is -0.118. The molecule has 0 aromatic carbocycles. The van der Waals surface area contributed by atoms with E-state index in [1.807, 2.05) is 6.07 Å². The third-order valence-electron chi connectivity index (χ3n) is 4.08. The predicted molar refractivity (Wildman–Crippen MR) is 82.3 cm³/mol. The quantitative estimate of drug-likeness (QED) is 0.905. The Morgan fingerprint density at radius 3 is 2.90 bits per heavy atom. The summed E-state index contributed by atoms with van der Waals surface area (Å²) in [7, 11) is 0. The highest BCUT2D eigenvalue weighted by Crippen LogP contribution is 2.30. The summed E-state index contributed by atoms with van der Waals surface area (Å²) in [5.41, 5.74) is 5.97. The van der Waals surface area contributed by atoms with E-state index >= 15 is 0 Å². The van der Waals surface area contributed by atoms with E-state index in [4.69, 9.17) is 17.3 Å². The Morgan fingerprint density at radius 2 is 2.19 bits per heavy atom. The lowest BCUT2D eigenvalue weighted by Crippen LogP contribution is -2.34. The summed E-state index contributed by atoms with van der Waals surface area (Å²) in [6.45, 7) is 1.86. The molecule has 0 atom stereocenters. The fourth-order valence-corrected chi connectivity index (χ4v) is 3.13. The van der Waals surface area contributed by atoms with Gasteiger partial charge in [0.2, 0.25) is 5.91 Å². The molecule has 0 radical (unpaired) electrons. The minimum atomic E-state index is -0.211. The molecule has 0 saturated carbocycles. The summed E-state index contributed by atoms with van der Waals surface area (Å²) < 4.78 is 0. The Balaban J connectivity index is 1.69. The number of primary amides is 1. The normalized spacial score (nSPS) is 16.5. The number of piperidine rings is 1. The summed E-state index contributed by atoms with van der Waals surface area (Å²) in [6, 6.07) is 1.87. The van der Waals surface area contributed by atoms with Gasteiger partial charge in [-0.05, 0) is 31.2 Å². The second kappa shape index (κ2) is 5.89. The van der Waals surface area contributed by atoms with Crippen molar-refractivity contribution >= 4 is 34.4 Å². The molecule has 3 heterocycles. The summed E-state index contributed by atoms with van der Waals surface area (Å²) in [5.74, 6) is 1.29. The van der Waals surface area contributed by atoms with E-state index in [0.717, 1.165) is 49.2 Å². The Kier molecular flexibility index (Phi) is 3.96. The molecular formula is C14H18ClN5O. The summed E-state index contributed by atoms with van der Waals surface area (Å²) in [4.78, 5) is 24.7. The van der Waals surface area contributed by atoms with Gasteiger partial charge in [0.05, 0.1) is 5.39 Å². The van der Waals surface area contributed by atoms with Crippen LogP contribution in [0.15, 0.2) is 12.4 Å². The van der Waals surface area contributed by atoms with Gasteiger partial charge in [0, 0.05) is 19.5 Å². The van der Waals surface area contributed by atoms with Crippen LogP contribution in [0.2, 0.25) is 5.15 Å². The molecule has 1 aliphatic rings. The number of amides is 1. The zero-order valence-electron chi connectivity index (χ0n) is 11.7. The highest BCUT2D eigenvalue weighted by Gasteiger charge is 2.22. The zero-order valence-corrected chi connectivity index (χ0v) is 12.4. The molecule has 2 aromatic heterocycles. The number of anilines is 1. The first-order valence-electron chi connectivity index (χ1n) is 7.16. The molecule has 6 nitrogen and oxygen atoms in total. The maximum absolute atomic E-state index is 10.9. The van der Waals surface area contributed by atoms with E-state index in [2.05, 4.69) is 19.9 Å². The summed E-state index contributed by atoms with van der Waals surface area (Å²) in [6.07, 6.45) is 5.03. The van der Waals surface area contributed by atoms with E-state index < -0.39 is 0 Å². The fourth-order valence-electron chi connectivity index (χ4n) is 2.93. The first kappa shape index (κ1) is 14.1. The Morgan fingerprint density at radius 1 is 1.43 bits per heavy atom. The smallest absolute Gasteiger partial charge is 0.217 e. The number of H-pyrrole nitrogens is 1. The van der Waals surface area contributed by atoms with Crippen LogP contribution in [0, 0.1) is 5.92 Å². The summed E-state index contributed by atoms with van der Waals surface area (Å²) in [5, 5.41) is 1.53. The van der Waals surface area contributed by atoms with Crippen molar-refractivity contribution in [2.24, 2.45) is 11.7 Å². The lowest BCUT2D eigenvalue weighted by Gasteiger charge is -2.32. The Labute approximate surface area is 127 Å². The van der Waals surface area contributed by atoms with E-state index in [1.54, 1.807) is 6.33 Å². The number of hydrogen-bond acceptors (Lipinski definition) is 4. The topological polar surface area (TPSA) is 87.9 Å². The molecule has 0 spiro atoms. The molecule has 112 valence electrons. The number of nitrogens with one attached hydrogen (secondary N) is 1. The molecule has 21 heavy (non-hydrogen) atoms. The molecule has 7 heteroatoms. The molecule has 1 amide bonds. The van der Waals surface area contributed by atoms with Gasteiger partial charge in [0.25, 0.3) is 0 Å². The molecule has 3 rings (SSSR count). The maximum atomic E-state index is 10.9. The highest BCUT2D eigenvalue weighted by molar-refractivity contribution is 6.30. The average Bonchev–Trinajstić information content (AvgIpc) is 2.85. The minimum absolute atomic E-state index is 0.211. The number of carbonyl (C=O) groups excluding carboxylic acids is 1. The number of fused-ring (bicyclic) bond motifs is 1. The number of hydrogen-bond donors (Lipinski definition) is 2. The molecule has 1 saturated heterocycles. The van der Waals surface area contributed by atoms with Crippen LogP contribution in [0.4, 0.5) is 5.82 Å². The zero-order chi connectivity index (χ0) is 14.8. The Hall–Kier alpha value is -1.82. The van der Waals surface area contributed by atoms with E-state index in [1.165, 1.54) is 0 Å². The first-order valence-corrected chi connectivity index (χ1v) is 7.54. The van der Waals surface area contributed by atoms with Crippen LogP contribution in [-0.2, 0) is 4.79 Å². The highest BCUT2D eigenvalue weighted by atomic mass is 35.5. The van der Waals surface area contributed by atoms with Crippen LogP contribution in [-0.4, -0.2) is 33.9 Å². The maximum Gasteiger partial charge on any atom is 0.217 e. The number of aromatic nitrogens is 3. The van der Waals surface area contributed by atoms with Crippen molar-refractivity contribution in [1.82, 2.24) is 15.0 Å². The van der Waals surface area contributed by atoms with Crippen LogP contribution in [0.5, 0.6) is 0 Å². The molecule has 2 aromatic rings. The number of rotatable bonds is 4. The van der Waals surface area contributed by atoms with Gasteiger partial charge >= 0.3 is 0 Å². The minimum Gasteiger partial charge on any atom is -0.370 e. The van der Waals surface area contributed by atoms with Crippen molar-refractivity contribution in [1.29, 1.82) is 0 Å². The third kappa shape index (κ3) is 3.10. The van der Waals surface area contributed by atoms with Crippen LogP contribution in [0.25, 0.3) is 11.0 Å². The van der Waals surface area contributed by atoms with Crippen LogP contribution >= 0.6 is 11.6 Å². The van der Waals surface area contributed by atoms with Gasteiger partial charge in [-0.2, -0.15) is 0 Å². The van der Waals surface area contributed by atoms with Gasteiger partial charge in [0.1, 0.15) is 22.9 Å². The molecule has 1 fully saturated rings. The molecular weight excluding hydrogens is 290 g/mol. The SMILES string of the molecule is NC(=O)CCC1CCN(c2ncnc3[nH]c(Cl)cc23)CC1. The van der Waals surface area contributed by atoms with Gasteiger partial charge in [-0.3, -0.25) is 4.79 Å². The number of carbonyl (C=O) groups is 1. The Bertz CT molecular complexity index is 648. The number of halogens is 1. The number of aromatic amines is 1. The standard InChI is InChI=1S/C14H18ClN5O/c15-11-7-10-13(19-11)17-8-18-14(10)20-5-3-9(4-6-20)1-2-12(16)21/h7-9H,1-6H2,(H2,16,21)(H,17,18,19). The number of nitrogens with two attached hydrogens (primary N) is 1. The third-order valence-corrected chi connectivity index (χ3v) is 4.29. The monoisotopic (exact) mass is 307 g/mol. The van der Waals surface area contributed by atoms with Gasteiger partial charge < -0.3 is 15.6 Å². The second-order valence-electron chi connectivity index (χ2n) is 5.51.